The van der Waals surface area contributed by atoms with Crippen LogP contribution in [0.15, 0.2) is 52.5 Å². The van der Waals surface area contributed by atoms with Crippen LogP contribution in [0.3, 0.4) is 0 Å². The van der Waals surface area contributed by atoms with Crippen molar-refractivity contribution in [2.24, 2.45) is 0 Å². The van der Waals surface area contributed by atoms with Gasteiger partial charge in [0.25, 0.3) is 0 Å². The van der Waals surface area contributed by atoms with Crippen molar-refractivity contribution in [1.29, 1.82) is 0 Å². The largest absolute Gasteiger partial charge is 0.378 e. The highest BCUT2D eigenvalue weighted by molar-refractivity contribution is 7.17. The van der Waals surface area contributed by atoms with Gasteiger partial charge in [-0.15, -0.1) is 11.3 Å². The van der Waals surface area contributed by atoms with Crippen LogP contribution in [0.25, 0.3) is 32.7 Å². The summed E-state index contributed by atoms with van der Waals surface area (Å²) >= 11 is 3.36. The van der Waals surface area contributed by atoms with Gasteiger partial charge in [0.1, 0.15) is 16.2 Å². The SMILES string of the molecule is c1ccc(-c2csc3nc(-c4ccsc4)nc(N4CCOC5(CCOC5)C4)c23)cc1. The number of hydrogen-bond donors (Lipinski definition) is 0. The fraction of sp³-hybridized carbons (Fsp3) is 0.304. The van der Waals surface area contributed by atoms with E-state index in [9.17, 15) is 0 Å². The molecule has 0 bridgehead atoms. The van der Waals surface area contributed by atoms with Gasteiger partial charge in [-0.2, -0.15) is 11.3 Å². The number of aromatic nitrogens is 2. The molecule has 5 heterocycles. The number of rotatable bonds is 3. The van der Waals surface area contributed by atoms with Crippen molar-refractivity contribution in [3.63, 3.8) is 0 Å². The number of fused-ring (bicyclic) bond motifs is 1. The molecule has 1 unspecified atom stereocenters. The monoisotopic (exact) mass is 435 g/mol. The normalized spacial score (nSPS) is 21.7. The second-order valence-electron chi connectivity index (χ2n) is 7.83. The third-order valence-corrected chi connectivity index (χ3v) is 7.45. The van der Waals surface area contributed by atoms with Crippen LogP contribution in [-0.2, 0) is 9.47 Å². The molecule has 0 saturated carbocycles. The van der Waals surface area contributed by atoms with Crippen LogP contribution in [0, 0.1) is 0 Å². The highest BCUT2D eigenvalue weighted by Crippen LogP contribution is 2.41. The lowest BCUT2D eigenvalue weighted by atomic mass is 10.00. The van der Waals surface area contributed by atoms with E-state index < -0.39 is 0 Å². The van der Waals surface area contributed by atoms with Crippen molar-refractivity contribution < 1.29 is 9.47 Å². The second-order valence-corrected chi connectivity index (χ2v) is 9.47. The maximum Gasteiger partial charge on any atom is 0.163 e. The minimum Gasteiger partial charge on any atom is -0.378 e. The van der Waals surface area contributed by atoms with Crippen LogP contribution >= 0.6 is 22.7 Å². The lowest BCUT2D eigenvalue weighted by molar-refractivity contribution is -0.0580. The van der Waals surface area contributed by atoms with Gasteiger partial charge in [-0.05, 0) is 17.0 Å². The molecular formula is C23H21N3O2S2. The van der Waals surface area contributed by atoms with Crippen molar-refractivity contribution in [3.05, 3.63) is 52.5 Å². The third kappa shape index (κ3) is 3.13. The molecule has 0 amide bonds. The van der Waals surface area contributed by atoms with E-state index in [1.165, 1.54) is 11.1 Å². The topological polar surface area (TPSA) is 47.5 Å². The van der Waals surface area contributed by atoms with E-state index in [-0.39, 0.29) is 5.60 Å². The zero-order valence-electron chi connectivity index (χ0n) is 16.4. The molecule has 2 fully saturated rings. The maximum absolute atomic E-state index is 6.18. The van der Waals surface area contributed by atoms with Crippen molar-refractivity contribution in [3.8, 4) is 22.5 Å². The molecule has 2 saturated heterocycles. The van der Waals surface area contributed by atoms with E-state index in [0.29, 0.717) is 13.2 Å². The van der Waals surface area contributed by atoms with Crippen LogP contribution in [0.4, 0.5) is 5.82 Å². The molecule has 7 heteroatoms. The third-order valence-electron chi connectivity index (χ3n) is 5.89. The maximum atomic E-state index is 6.18. The second kappa shape index (κ2) is 7.42. The number of thiophene rings is 2. The highest BCUT2D eigenvalue weighted by atomic mass is 32.1. The first kappa shape index (κ1) is 18.4. The Morgan fingerprint density at radius 3 is 2.73 bits per heavy atom. The van der Waals surface area contributed by atoms with Crippen molar-refractivity contribution in [2.75, 3.05) is 37.8 Å². The first-order valence-electron chi connectivity index (χ1n) is 10.2. The predicted molar refractivity (Wildman–Crippen MR) is 122 cm³/mol. The van der Waals surface area contributed by atoms with Gasteiger partial charge in [0, 0.05) is 41.5 Å². The van der Waals surface area contributed by atoms with Gasteiger partial charge in [-0.1, -0.05) is 30.3 Å². The number of anilines is 1. The Bertz CT molecular complexity index is 1170. The fourth-order valence-electron chi connectivity index (χ4n) is 4.36. The lowest BCUT2D eigenvalue weighted by Crippen LogP contribution is -2.52. The minimum absolute atomic E-state index is 0.221. The van der Waals surface area contributed by atoms with Crippen LogP contribution in [-0.4, -0.2) is 48.5 Å². The van der Waals surface area contributed by atoms with E-state index in [1.54, 1.807) is 22.7 Å². The lowest BCUT2D eigenvalue weighted by Gasteiger charge is -2.40. The standard InChI is InChI=1S/C23H21N3O2S2/c1-2-4-16(5-3-1)18-13-30-22-19(18)21(24-20(25-22)17-6-11-29-12-17)26-8-10-28-23(14-26)7-9-27-15-23/h1-6,11-13H,7-10,14-15H2. The van der Waals surface area contributed by atoms with Crippen molar-refractivity contribution >= 4 is 38.7 Å². The predicted octanol–water partition coefficient (Wildman–Crippen LogP) is 5.08. The molecule has 5 nitrogen and oxygen atoms in total. The summed E-state index contributed by atoms with van der Waals surface area (Å²) in [5.41, 5.74) is 3.25. The summed E-state index contributed by atoms with van der Waals surface area (Å²) in [5, 5.41) is 7.54. The summed E-state index contributed by atoms with van der Waals surface area (Å²) in [4.78, 5) is 13.5. The summed E-state index contributed by atoms with van der Waals surface area (Å²) in [5.74, 6) is 1.80. The van der Waals surface area contributed by atoms with E-state index in [2.05, 4.69) is 57.4 Å². The Morgan fingerprint density at radius 2 is 1.93 bits per heavy atom. The van der Waals surface area contributed by atoms with Gasteiger partial charge >= 0.3 is 0 Å². The molecule has 1 spiro atoms. The Hall–Kier alpha value is -2.32. The molecule has 3 aromatic heterocycles. The molecule has 30 heavy (non-hydrogen) atoms. The average molecular weight is 436 g/mol. The van der Waals surface area contributed by atoms with Crippen LogP contribution in [0.5, 0.6) is 0 Å². The van der Waals surface area contributed by atoms with Crippen molar-refractivity contribution in [1.82, 2.24) is 9.97 Å². The van der Waals surface area contributed by atoms with E-state index in [1.807, 2.05) is 0 Å². The molecule has 152 valence electrons. The molecular weight excluding hydrogens is 414 g/mol. The molecule has 0 N–H and O–H groups in total. The zero-order chi connectivity index (χ0) is 20.0. The molecule has 4 aromatic rings. The number of benzene rings is 1. The summed E-state index contributed by atoms with van der Waals surface area (Å²) < 4.78 is 11.9. The van der Waals surface area contributed by atoms with Crippen LogP contribution in [0.1, 0.15) is 6.42 Å². The number of nitrogens with zero attached hydrogens (tertiary/aromatic N) is 3. The molecule has 2 aliphatic rings. The number of hydrogen-bond acceptors (Lipinski definition) is 7. The van der Waals surface area contributed by atoms with Crippen molar-refractivity contribution in [2.45, 2.75) is 12.0 Å². The van der Waals surface area contributed by atoms with E-state index in [4.69, 9.17) is 19.4 Å². The van der Waals surface area contributed by atoms with E-state index >= 15 is 0 Å². The molecule has 1 aromatic carbocycles. The molecule has 0 radical (unpaired) electrons. The van der Waals surface area contributed by atoms with E-state index in [0.717, 1.165) is 53.5 Å². The van der Waals surface area contributed by atoms with Gasteiger partial charge in [0.05, 0.1) is 25.1 Å². The van der Waals surface area contributed by atoms with Gasteiger partial charge in [-0.25, -0.2) is 9.97 Å². The first-order valence-corrected chi connectivity index (χ1v) is 12.0. The number of ether oxygens (including phenoxy) is 2. The quantitative estimate of drug-likeness (QED) is 0.449. The Kier molecular flexibility index (Phi) is 4.57. The van der Waals surface area contributed by atoms with Gasteiger partial charge in [-0.3, -0.25) is 0 Å². The summed E-state index contributed by atoms with van der Waals surface area (Å²) in [7, 11) is 0. The average Bonchev–Trinajstić information content (AvgIpc) is 3.55. The van der Waals surface area contributed by atoms with Gasteiger partial charge in [0.2, 0.25) is 0 Å². The summed E-state index contributed by atoms with van der Waals surface area (Å²) in [6, 6.07) is 12.6. The zero-order valence-corrected chi connectivity index (χ0v) is 18.0. The van der Waals surface area contributed by atoms with Gasteiger partial charge < -0.3 is 14.4 Å². The van der Waals surface area contributed by atoms with Gasteiger partial charge in [0.15, 0.2) is 5.82 Å². The first-order chi connectivity index (χ1) is 14.8. The summed E-state index contributed by atoms with van der Waals surface area (Å²) in [6.07, 6.45) is 0.935. The highest BCUT2D eigenvalue weighted by Gasteiger charge is 2.41. The molecule has 0 aliphatic carbocycles. The minimum atomic E-state index is -0.221. The molecule has 2 aliphatic heterocycles. The Balaban J connectivity index is 1.53. The number of morpholine rings is 1. The molecule has 6 rings (SSSR count). The summed E-state index contributed by atoms with van der Waals surface area (Å²) in [6.45, 7) is 3.73. The van der Waals surface area contributed by atoms with Crippen LogP contribution < -0.4 is 4.90 Å². The molecule has 1 atom stereocenters. The van der Waals surface area contributed by atoms with Crippen LogP contribution in [0.2, 0.25) is 0 Å². The fourth-order valence-corrected chi connectivity index (χ4v) is 5.93. The smallest absolute Gasteiger partial charge is 0.163 e. The Morgan fingerprint density at radius 1 is 1.00 bits per heavy atom. The Labute approximate surface area is 182 Å².